The summed E-state index contributed by atoms with van der Waals surface area (Å²) in [4.78, 5) is 16.6. The lowest BCUT2D eigenvalue weighted by molar-refractivity contribution is -0.679. The molecule has 0 fully saturated rings. The standard InChI is InChI=1S/C62H38N4/c1-3-18-40(19-4-1)59-63-60(41-20-5-2-6-21-41)65-61(64-59)44-23-15-22-43(37-44)57-45-24-8-7-17-39(45)33-35-46(57)42-34-36-48-47-25-9-11-28-51(47)62(54(48)38-42)52-29-12-14-32-56(52)66-55-31-13-10-26-49(55)50-27-16-30-53(62)58(50)66/h1-38H/p+1. The molecule has 4 nitrogen and oxygen atoms in total. The molecular formula is C62H39N4+. The maximum Gasteiger partial charge on any atom is 0.164 e. The van der Waals surface area contributed by atoms with Gasteiger partial charge >= 0.3 is 0 Å². The van der Waals surface area contributed by atoms with Crippen LogP contribution in [0.15, 0.2) is 231 Å². The van der Waals surface area contributed by atoms with Crippen molar-refractivity contribution in [1.29, 1.82) is 0 Å². The highest BCUT2D eigenvalue weighted by atomic mass is 15.2. The van der Waals surface area contributed by atoms with Crippen LogP contribution in [0, 0.1) is 0 Å². The molecule has 2 aliphatic heterocycles. The Bertz CT molecular complexity index is 3730. The van der Waals surface area contributed by atoms with Crippen molar-refractivity contribution in [2.45, 2.75) is 5.41 Å². The van der Waals surface area contributed by atoms with E-state index in [1.807, 2.05) is 36.4 Å². The van der Waals surface area contributed by atoms with Crippen LogP contribution in [-0.2, 0) is 5.41 Å². The van der Waals surface area contributed by atoms with Crippen LogP contribution in [0.2, 0.25) is 0 Å². The Labute approximate surface area is 382 Å². The molecule has 1 N–H and O–H groups in total. The number of hydrogen-bond donors (Lipinski definition) is 1. The van der Waals surface area contributed by atoms with E-state index >= 15 is 0 Å². The van der Waals surface area contributed by atoms with Crippen molar-refractivity contribution < 1.29 is 4.90 Å². The molecule has 2 atom stereocenters. The monoisotopic (exact) mass is 839 g/mol. The van der Waals surface area contributed by atoms with E-state index in [9.17, 15) is 0 Å². The Kier molecular flexibility index (Phi) is 7.94. The fraction of sp³-hybridized carbons (Fsp3) is 0.0161. The van der Waals surface area contributed by atoms with E-state index in [2.05, 4.69) is 194 Å². The van der Waals surface area contributed by atoms with Crippen molar-refractivity contribution in [3.8, 4) is 78.7 Å². The molecule has 1 aromatic heterocycles. The number of quaternary nitrogens is 1. The lowest BCUT2D eigenvalue weighted by atomic mass is 9.64. The smallest absolute Gasteiger partial charge is 0.164 e. The van der Waals surface area contributed by atoms with E-state index in [0.29, 0.717) is 17.5 Å². The molecule has 0 bridgehead atoms. The molecule has 0 saturated carbocycles. The Morgan fingerprint density at radius 3 is 1.64 bits per heavy atom. The molecule has 1 aliphatic carbocycles. The fourth-order valence-corrected chi connectivity index (χ4v) is 11.5. The molecule has 66 heavy (non-hydrogen) atoms. The third kappa shape index (κ3) is 5.22. The quantitative estimate of drug-likeness (QED) is 0.188. The van der Waals surface area contributed by atoms with Crippen LogP contribution in [0.1, 0.15) is 22.3 Å². The van der Waals surface area contributed by atoms with Crippen molar-refractivity contribution in [2.75, 3.05) is 0 Å². The van der Waals surface area contributed by atoms with Crippen LogP contribution < -0.4 is 4.90 Å². The number of benzene rings is 10. The molecule has 3 aliphatic rings. The maximum atomic E-state index is 5.13. The van der Waals surface area contributed by atoms with Crippen LogP contribution in [-0.4, -0.2) is 15.0 Å². The minimum atomic E-state index is -0.530. The number of hydrogen-bond acceptors (Lipinski definition) is 3. The molecule has 0 saturated heterocycles. The van der Waals surface area contributed by atoms with Gasteiger partial charge < -0.3 is 0 Å². The zero-order valence-corrected chi connectivity index (χ0v) is 35.8. The summed E-state index contributed by atoms with van der Waals surface area (Å²) in [6, 6.07) is 83.9. The van der Waals surface area contributed by atoms with Gasteiger partial charge in [-0.05, 0) is 79.5 Å². The zero-order chi connectivity index (χ0) is 43.3. The molecular weight excluding hydrogens is 801 g/mol. The summed E-state index contributed by atoms with van der Waals surface area (Å²) in [5, 5.41) is 2.38. The highest BCUT2D eigenvalue weighted by Crippen LogP contribution is 2.62. The Balaban J connectivity index is 0.993. The number of nitrogens with zero attached hydrogens (tertiary/aromatic N) is 3. The Morgan fingerprint density at radius 1 is 0.303 bits per heavy atom. The molecule has 10 aromatic carbocycles. The van der Waals surface area contributed by atoms with Crippen LogP contribution in [0.25, 0.3) is 89.4 Å². The second-order valence-corrected chi connectivity index (χ2v) is 17.6. The first-order valence-corrected chi connectivity index (χ1v) is 22.7. The van der Waals surface area contributed by atoms with Crippen LogP contribution in [0.5, 0.6) is 0 Å². The number of rotatable bonds is 5. The third-order valence-electron chi connectivity index (χ3n) is 14.2. The lowest BCUT2D eigenvalue weighted by Gasteiger charge is -2.40. The molecule has 3 heterocycles. The minimum Gasteiger partial charge on any atom is -0.236 e. The molecule has 14 rings (SSSR count). The van der Waals surface area contributed by atoms with Gasteiger partial charge in [-0.1, -0.05) is 194 Å². The predicted octanol–water partition coefficient (Wildman–Crippen LogP) is 14.2. The average molecular weight is 840 g/mol. The third-order valence-corrected chi connectivity index (χ3v) is 14.2. The van der Waals surface area contributed by atoms with Gasteiger partial charge in [0.05, 0.1) is 5.41 Å². The molecule has 4 heteroatoms. The molecule has 11 aromatic rings. The number of para-hydroxylation sites is 3. The van der Waals surface area contributed by atoms with Crippen molar-refractivity contribution in [3.63, 3.8) is 0 Å². The van der Waals surface area contributed by atoms with E-state index < -0.39 is 5.41 Å². The van der Waals surface area contributed by atoms with Gasteiger partial charge in [-0.15, -0.1) is 0 Å². The molecule has 1 spiro atoms. The first kappa shape index (κ1) is 36.9. The summed E-state index contributed by atoms with van der Waals surface area (Å²) in [5.74, 6) is 1.92. The van der Waals surface area contributed by atoms with E-state index in [-0.39, 0.29) is 0 Å². The largest absolute Gasteiger partial charge is 0.236 e. The summed E-state index contributed by atoms with van der Waals surface area (Å²) in [6.07, 6.45) is 0. The minimum absolute atomic E-state index is 0.530. The molecule has 306 valence electrons. The van der Waals surface area contributed by atoms with Gasteiger partial charge in [-0.3, -0.25) is 0 Å². The molecule has 0 amide bonds. The van der Waals surface area contributed by atoms with E-state index in [1.54, 1.807) is 0 Å². The molecule has 2 unspecified atom stereocenters. The second kappa shape index (κ2) is 14.2. The average Bonchev–Trinajstić information content (AvgIpc) is 3.89. The predicted molar refractivity (Wildman–Crippen MR) is 267 cm³/mol. The number of fused-ring (bicyclic) bond motifs is 13. The number of aromatic nitrogens is 3. The van der Waals surface area contributed by atoms with E-state index in [0.717, 1.165) is 22.3 Å². The molecule has 0 radical (unpaired) electrons. The second-order valence-electron chi connectivity index (χ2n) is 17.6. The van der Waals surface area contributed by atoms with Gasteiger partial charge in [0.15, 0.2) is 23.2 Å². The Morgan fingerprint density at radius 2 is 0.848 bits per heavy atom. The maximum absolute atomic E-state index is 5.13. The van der Waals surface area contributed by atoms with Crippen molar-refractivity contribution >= 4 is 27.8 Å². The van der Waals surface area contributed by atoms with Crippen molar-refractivity contribution in [1.82, 2.24) is 15.0 Å². The Hall–Kier alpha value is -8.57. The highest BCUT2D eigenvalue weighted by molar-refractivity contribution is 6.05. The summed E-state index contributed by atoms with van der Waals surface area (Å²) in [5.41, 5.74) is 21.4. The van der Waals surface area contributed by atoms with Gasteiger partial charge in [0, 0.05) is 51.1 Å². The van der Waals surface area contributed by atoms with Gasteiger partial charge in [-0.25, -0.2) is 19.9 Å². The zero-order valence-electron chi connectivity index (χ0n) is 35.8. The van der Waals surface area contributed by atoms with Gasteiger partial charge in [0.25, 0.3) is 0 Å². The summed E-state index contributed by atoms with van der Waals surface area (Å²) < 4.78 is 0. The summed E-state index contributed by atoms with van der Waals surface area (Å²) >= 11 is 0. The van der Waals surface area contributed by atoms with Crippen molar-refractivity contribution in [2.24, 2.45) is 0 Å². The van der Waals surface area contributed by atoms with Gasteiger partial charge in [-0.2, -0.15) is 0 Å². The normalized spacial score (nSPS) is 15.8. The van der Waals surface area contributed by atoms with Crippen molar-refractivity contribution in [3.05, 3.63) is 253 Å². The van der Waals surface area contributed by atoms with E-state index in [4.69, 9.17) is 15.0 Å². The van der Waals surface area contributed by atoms with Crippen LogP contribution in [0.3, 0.4) is 0 Å². The van der Waals surface area contributed by atoms with E-state index in [1.165, 1.54) is 93.9 Å². The highest BCUT2D eigenvalue weighted by Gasteiger charge is 2.56. The topological polar surface area (TPSA) is 43.1 Å². The first-order valence-electron chi connectivity index (χ1n) is 22.7. The number of nitrogens with one attached hydrogen (secondary N) is 1. The summed E-state index contributed by atoms with van der Waals surface area (Å²) in [6.45, 7) is 0. The van der Waals surface area contributed by atoms with Gasteiger partial charge in [0.1, 0.15) is 11.4 Å². The van der Waals surface area contributed by atoms with Crippen LogP contribution >= 0.6 is 0 Å². The fourth-order valence-electron chi connectivity index (χ4n) is 11.5. The van der Waals surface area contributed by atoms with Gasteiger partial charge in [0.2, 0.25) is 0 Å². The SMILES string of the molecule is c1ccc(-c2nc(-c3ccccc3)nc(-c3cccc(-c4c(-c5ccc6c(c5)C5(c7ccccc7-6)c6ccccc6[NH+]6c7ccccc7-c7cccc5c76)ccc5ccccc45)c3)n2)cc1. The summed E-state index contributed by atoms with van der Waals surface area (Å²) in [7, 11) is 0. The lowest BCUT2D eigenvalue weighted by Crippen LogP contribution is -2.97. The first-order chi connectivity index (χ1) is 32.7. The van der Waals surface area contributed by atoms with Crippen LogP contribution in [0.4, 0.5) is 17.1 Å².